The number of primary amides is 1. The molecule has 3 N–H and O–H groups in total. The molecule has 0 radical (unpaired) electrons. The Labute approximate surface area is 163 Å². The number of hydrogen-bond acceptors (Lipinski definition) is 8. The van der Waals surface area contributed by atoms with Crippen molar-refractivity contribution in [3.8, 4) is 17.0 Å². The zero-order valence-corrected chi connectivity index (χ0v) is 15.1. The number of amides is 1. The lowest BCUT2D eigenvalue weighted by molar-refractivity contribution is -0.385. The lowest BCUT2D eigenvalue weighted by atomic mass is 10.1. The van der Waals surface area contributed by atoms with Crippen LogP contribution < -0.4 is 10.5 Å². The maximum atomic E-state index is 11.9. The molecule has 1 heterocycles. The average Bonchev–Trinajstić information content (AvgIpc) is 3.22. The number of esters is 1. The van der Waals surface area contributed by atoms with Gasteiger partial charge in [-0.3, -0.25) is 14.9 Å². The Balaban J connectivity index is 1.84. The standard InChI is InChI=1S/C18H15N5O6/c1-28-18(25)12-3-2-4-14(23(26)27)13(12)9-29-11-7-5-10(6-8-11)15-16(17(19)24)21-22-20-15/h2-8H,9H2,1H3,(H2,19,24)(H,20,21,22). The lowest BCUT2D eigenvalue weighted by Gasteiger charge is -2.11. The molecule has 0 aliphatic heterocycles. The van der Waals surface area contributed by atoms with E-state index in [-0.39, 0.29) is 34.8 Å². The fraction of sp³-hybridized carbons (Fsp3) is 0.111. The number of methoxy groups -OCH3 is 1. The summed E-state index contributed by atoms with van der Waals surface area (Å²) < 4.78 is 10.3. The first-order chi connectivity index (χ1) is 13.9. The van der Waals surface area contributed by atoms with Gasteiger partial charge in [-0.05, 0) is 30.3 Å². The predicted molar refractivity (Wildman–Crippen MR) is 99.1 cm³/mol. The smallest absolute Gasteiger partial charge is 0.338 e. The largest absolute Gasteiger partial charge is 0.489 e. The molecule has 1 aromatic heterocycles. The van der Waals surface area contributed by atoms with Crippen LogP contribution in [-0.2, 0) is 11.3 Å². The Morgan fingerprint density at radius 2 is 1.90 bits per heavy atom. The lowest BCUT2D eigenvalue weighted by Crippen LogP contribution is -2.12. The molecule has 148 valence electrons. The van der Waals surface area contributed by atoms with Gasteiger partial charge in [-0.2, -0.15) is 15.4 Å². The van der Waals surface area contributed by atoms with Crippen molar-refractivity contribution < 1.29 is 24.0 Å². The molecule has 0 saturated heterocycles. The summed E-state index contributed by atoms with van der Waals surface area (Å²) in [5, 5.41) is 21.2. The molecule has 11 heteroatoms. The summed E-state index contributed by atoms with van der Waals surface area (Å²) >= 11 is 0. The fourth-order valence-corrected chi connectivity index (χ4v) is 2.67. The Morgan fingerprint density at radius 3 is 2.52 bits per heavy atom. The molecule has 0 bridgehead atoms. The van der Waals surface area contributed by atoms with E-state index in [1.165, 1.54) is 25.3 Å². The number of carbonyl (C=O) groups excluding carboxylic acids is 2. The van der Waals surface area contributed by atoms with Crippen LogP contribution in [0.2, 0.25) is 0 Å². The molecule has 0 spiro atoms. The van der Waals surface area contributed by atoms with Crippen molar-refractivity contribution in [2.75, 3.05) is 7.11 Å². The summed E-state index contributed by atoms with van der Waals surface area (Å²) in [7, 11) is 1.19. The van der Waals surface area contributed by atoms with Gasteiger partial charge in [0.05, 0.1) is 23.2 Å². The monoisotopic (exact) mass is 397 g/mol. The topological polar surface area (TPSA) is 163 Å². The normalized spacial score (nSPS) is 10.4. The third-order valence-corrected chi connectivity index (χ3v) is 4.05. The van der Waals surface area contributed by atoms with E-state index in [0.29, 0.717) is 11.3 Å². The van der Waals surface area contributed by atoms with Gasteiger partial charge in [0.2, 0.25) is 0 Å². The minimum absolute atomic E-state index is 0.00120. The summed E-state index contributed by atoms with van der Waals surface area (Å²) in [5.74, 6) is -1.04. The van der Waals surface area contributed by atoms with Crippen molar-refractivity contribution in [1.29, 1.82) is 0 Å². The van der Waals surface area contributed by atoms with Gasteiger partial charge in [0.25, 0.3) is 11.6 Å². The molecule has 0 fully saturated rings. The molecule has 0 aliphatic carbocycles. The molecule has 0 saturated carbocycles. The third kappa shape index (κ3) is 4.03. The quantitative estimate of drug-likeness (QED) is 0.346. The van der Waals surface area contributed by atoms with Crippen LogP contribution in [0.5, 0.6) is 5.75 Å². The van der Waals surface area contributed by atoms with E-state index < -0.39 is 16.8 Å². The molecule has 29 heavy (non-hydrogen) atoms. The molecular weight excluding hydrogens is 382 g/mol. The number of ether oxygens (including phenoxy) is 2. The summed E-state index contributed by atoms with van der Waals surface area (Å²) in [5.41, 5.74) is 6.00. The number of aromatic nitrogens is 3. The van der Waals surface area contributed by atoms with Crippen LogP contribution in [0.4, 0.5) is 5.69 Å². The minimum atomic E-state index is -0.721. The van der Waals surface area contributed by atoms with Crippen molar-refractivity contribution in [3.05, 3.63) is 69.4 Å². The number of hydrogen-bond donors (Lipinski definition) is 2. The zero-order valence-electron chi connectivity index (χ0n) is 15.1. The number of carbonyl (C=O) groups is 2. The summed E-state index contributed by atoms with van der Waals surface area (Å²) in [6.07, 6.45) is 0. The number of aromatic amines is 1. The number of nitro benzene ring substituents is 1. The van der Waals surface area contributed by atoms with Gasteiger partial charge >= 0.3 is 5.97 Å². The Bertz CT molecular complexity index is 1080. The molecule has 1 amide bonds. The zero-order chi connectivity index (χ0) is 21.0. The van der Waals surface area contributed by atoms with E-state index in [0.717, 1.165) is 0 Å². The first-order valence-corrected chi connectivity index (χ1v) is 8.20. The van der Waals surface area contributed by atoms with Crippen molar-refractivity contribution in [3.63, 3.8) is 0 Å². The molecule has 2 aromatic carbocycles. The number of nitrogens with zero attached hydrogens (tertiary/aromatic N) is 3. The summed E-state index contributed by atoms with van der Waals surface area (Å²) in [6, 6.07) is 10.5. The van der Waals surface area contributed by atoms with Crippen LogP contribution in [0.1, 0.15) is 26.4 Å². The van der Waals surface area contributed by atoms with Gasteiger partial charge in [-0.1, -0.05) is 6.07 Å². The average molecular weight is 397 g/mol. The maximum absolute atomic E-state index is 11.9. The Hall–Kier alpha value is -4.28. The highest BCUT2D eigenvalue weighted by molar-refractivity contribution is 5.96. The molecule has 3 aromatic rings. The number of nitrogens with two attached hydrogens (primary N) is 1. The van der Waals surface area contributed by atoms with Gasteiger partial charge in [0, 0.05) is 11.6 Å². The highest BCUT2D eigenvalue weighted by Crippen LogP contribution is 2.27. The highest BCUT2D eigenvalue weighted by atomic mass is 16.6. The van der Waals surface area contributed by atoms with Crippen molar-refractivity contribution >= 4 is 17.6 Å². The molecule has 3 rings (SSSR count). The third-order valence-electron chi connectivity index (χ3n) is 4.05. The molecule has 11 nitrogen and oxygen atoms in total. The molecule has 0 unspecified atom stereocenters. The van der Waals surface area contributed by atoms with Crippen LogP contribution in [-0.4, -0.2) is 39.3 Å². The second kappa shape index (κ2) is 8.17. The van der Waals surface area contributed by atoms with Gasteiger partial charge in [-0.15, -0.1) is 0 Å². The second-order valence-electron chi connectivity index (χ2n) is 5.75. The van der Waals surface area contributed by atoms with Gasteiger partial charge in [0.15, 0.2) is 5.69 Å². The first-order valence-electron chi connectivity index (χ1n) is 8.20. The van der Waals surface area contributed by atoms with E-state index in [1.54, 1.807) is 24.3 Å². The number of rotatable bonds is 7. The number of nitro groups is 1. The number of H-pyrrole nitrogens is 1. The van der Waals surface area contributed by atoms with Gasteiger partial charge in [0.1, 0.15) is 18.1 Å². The van der Waals surface area contributed by atoms with Crippen LogP contribution in [0, 0.1) is 10.1 Å². The van der Waals surface area contributed by atoms with Crippen molar-refractivity contribution in [1.82, 2.24) is 15.4 Å². The fourth-order valence-electron chi connectivity index (χ4n) is 2.67. The maximum Gasteiger partial charge on any atom is 0.338 e. The first kappa shape index (κ1) is 19.5. The van der Waals surface area contributed by atoms with Crippen LogP contribution >= 0.6 is 0 Å². The Kier molecular flexibility index (Phi) is 5.49. The predicted octanol–water partition coefficient (Wildman–Crippen LogP) is 1.84. The van der Waals surface area contributed by atoms with E-state index in [2.05, 4.69) is 20.1 Å². The molecule has 0 atom stereocenters. The number of nitrogens with one attached hydrogen (secondary N) is 1. The van der Waals surface area contributed by atoms with E-state index in [9.17, 15) is 19.7 Å². The van der Waals surface area contributed by atoms with E-state index >= 15 is 0 Å². The summed E-state index contributed by atoms with van der Waals surface area (Å²) in [6.45, 7) is -0.225. The summed E-state index contributed by atoms with van der Waals surface area (Å²) in [4.78, 5) is 34.0. The van der Waals surface area contributed by atoms with Crippen LogP contribution in [0.3, 0.4) is 0 Å². The molecular formula is C18H15N5O6. The Morgan fingerprint density at radius 1 is 1.17 bits per heavy atom. The highest BCUT2D eigenvalue weighted by Gasteiger charge is 2.22. The minimum Gasteiger partial charge on any atom is -0.489 e. The SMILES string of the molecule is COC(=O)c1cccc([N+](=O)[O-])c1COc1ccc(-c2n[nH]nc2C(N)=O)cc1. The van der Waals surface area contributed by atoms with Crippen molar-refractivity contribution in [2.24, 2.45) is 5.73 Å². The molecule has 0 aliphatic rings. The van der Waals surface area contributed by atoms with Gasteiger partial charge in [-0.25, -0.2) is 4.79 Å². The van der Waals surface area contributed by atoms with Gasteiger partial charge < -0.3 is 15.2 Å². The second-order valence-corrected chi connectivity index (χ2v) is 5.75. The van der Waals surface area contributed by atoms with Crippen LogP contribution in [0.15, 0.2) is 42.5 Å². The van der Waals surface area contributed by atoms with E-state index in [4.69, 9.17) is 10.5 Å². The van der Waals surface area contributed by atoms with E-state index in [1.807, 2.05) is 0 Å². The van der Waals surface area contributed by atoms with Crippen LogP contribution in [0.25, 0.3) is 11.3 Å². The van der Waals surface area contributed by atoms with Crippen molar-refractivity contribution in [2.45, 2.75) is 6.61 Å². The number of benzene rings is 2.